The van der Waals surface area contributed by atoms with E-state index in [1.807, 2.05) is 0 Å². The molecule has 4 saturated carbocycles. The molecular formula is C38H53BF3NO9. The van der Waals surface area contributed by atoms with Gasteiger partial charge in [0.1, 0.15) is 28.6 Å². The second kappa shape index (κ2) is 13.4. The monoisotopic (exact) mass is 735 g/mol. The van der Waals surface area contributed by atoms with Crippen molar-refractivity contribution in [3.05, 3.63) is 23.3 Å². The van der Waals surface area contributed by atoms with Gasteiger partial charge in [-0.3, -0.25) is 4.79 Å². The molecule has 0 spiro atoms. The average molecular weight is 736 g/mol. The number of ether oxygens (including phenoxy) is 4. The van der Waals surface area contributed by atoms with E-state index < -0.39 is 60.2 Å². The fourth-order valence-electron chi connectivity index (χ4n) is 8.88. The van der Waals surface area contributed by atoms with Crippen LogP contribution in [0.15, 0.2) is 12.1 Å². The lowest BCUT2D eigenvalue weighted by Crippen LogP contribution is -2.65. The van der Waals surface area contributed by atoms with Gasteiger partial charge in [-0.25, -0.2) is 9.59 Å². The van der Waals surface area contributed by atoms with E-state index in [2.05, 4.69) is 20.8 Å². The van der Waals surface area contributed by atoms with Crippen LogP contribution in [0, 0.1) is 29.1 Å². The van der Waals surface area contributed by atoms with Crippen molar-refractivity contribution in [3.8, 4) is 11.5 Å². The van der Waals surface area contributed by atoms with Crippen LogP contribution in [0.5, 0.6) is 11.5 Å². The zero-order valence-corrected chi connectivity index (χ0v) is 31.8. The summed E-state index contributed by atoms with van der Waals surface area (Å²) in [6.07, 6.45) is -3.15. The highest BCUT2D eigenvalue weighted by Gasteiger charge is 2.67. The number of likely N-dealkylation sites (tertiary alicyclic amines) is 1. The lowest BCUT2D eigenvalue weighted by Gasteiger charge is -2.64. The van der Waals surface area contributed by atoms with Crippen LogP contribution >= 0.6 is 0 Å². The summed E-state index contributed by atoms with van der Waals surface area (Å²) in [6, 6.07) is 3.32. The van der Waals surface area contributed by atoms with E-state index >= 15 is 0 Å². The molecule has 2 saturated heterocycles. The Labute approximate surface area is 304 Å². The first-order valence-corrected chi connectivity index (χ1v) is 18.6. The smallest absolute Gasteiger partial charge is 0.486 e. The molecule has 1 aromatic carbocycles. The molecule has 14 heteroatoms. The molecule has 0 aromatic heterocycles. The molecule has 6 aliphatic rings. The predicted molar refractivity (Wildman–Crippen MR) is 185 cm³/mol. The summed E-state index contributed by atoms with van der Waals surface area (Å²) in [5, 5.41) is 0. The SMILES string of the molecule is CC(C)(C)OC(=O)Oc1c(CCB2O[C@@H]3C[C@@H]4C[C@@H](C4(C)C)[C@]3(C)O2)ccc(OC2CN(C(=O)[C@@H]3CC[C@H](C(F)(F)F)C3)C2)c1C(=O)OC(C)(C)C. The number of carbonyl (C=O) groups excluding carboxylic acids is 3. The van der Waals surface area contributed by atoms with Gasteiger partial charge < -0.3 is 33.2 Å². The molecule has 10 nitrogen and oxygen atoms in total. The quantitative estimate of drug-likeness (QED) is 0.150. The van der Waals surface area contributed by atoms with Crippen LogP contribution in [0.1, 0.15) is 110 Å². The Balaban J connectivity index is 1.22. The molecule has 2 bridgehead atoms. The second-order valence-electron chi connectivity index (χ2n) is 18.2. The summed E-state index contributed by atoms with van der Waals surface area (Å²) >= 11 is 0. The van der Waals surface area contributed by atoms with Gasteiger partial charge in [-0.1, -0.05) is 19.9 Å². The van der Waals surface area contributed by atoms with E-state index in [-0.39, 0.29) is 66.8 Å². The molecule has 0 unspecified atom stereocenters. The van der Waals surface area contributed by atoms with Gasteiger partial charge >= 0.3 is 25.4 Å². The van der Waals surface area contributed by atoms with Crippen molar-refractivity contribution in [3.63, 3.8) is 0 Å². The number of hydrogen-bond donors (Lipinski definition) is 0. The lowest BCUT2D eigenvalue weighted by molar-refractivity contribution is -0.199. The number of carbonyl (C=O) groups is 3. The highest BCUT2D eigenvalue weighted by Crippen LogP contribution is 2.65. The predicted octanol–water partition coefficient (Wildman–Crippen LogP) is 7.79. The normalized spacial score (nSPS) is 29.9. The van der Waals surface area contributed by atoms with Crippen LogP contribution in [0.25, 0.3) is 0 Å². The molecule has 6 atom stereocenters. The van der Waals surface area contributed by atoms with Crippen LogP contribution < -0.4 is 9.47 Å². The molecule has 0 radical (unpaired) electrons. The highest BCUT2D eigenvalue weighted by atomic mass is 19.4. The van der Waals surface area contributed by atoms with Crippen LogP contribution in [0.2, 0.25) is 6.32 Å². The number of nitrogens with zero attached hydrogens (tertiary/aromatic N) is 1. The molecule has 4 aliphatic carbocycles. The van der Waals surface area contributed by atoms with Crippen molar-refractivity contribution >= 4 is 25.2 Å². The van der Waals surface area contributed by atoms with E-state index in [1.165, 1.54) is 4.90 Å². The topological polar surface area (TPSA) is 110 Å². The molecule has 2 aliphatic heterocycles. The Bertz CT molecular complexity index is 1560. The first-order valence-electron chi connectivity index (χ1n) is 18.6. The number of hydrogen-bond acceptors (Lipinski definition) is 9. The van der Waals surface area contributed by atoms with Crippen molar-refractivity contribution in [2.24, 2.45) is 29.1 Å². The number of halogens is 3. The van der Waals surface area contributed by atoms with Crippen molar-refractivity contribution in [1.82, 2.24) is 4.90 Å². The minimum absolute atomic E-state index is 0.00600. The molecule has 6 fully saturated rings. The first-order chi connectivity index (χ1) is 23.9. The van der Waals surface area contributed by atoms with Crippen LogP contribution in [-0.2, 0) is 30.0 Å². The number of amides is 1. The molecule has 1 amide bonds. The molecule has 1 aromatic rings. The van der Waals surface area contributed by atoms with Crippen molar-refractivity contribution in [2.45, 2.75) is 142 Å². The van der Waals surface area contributed by atoms with E-state index in [0.717, 1.165) is 12.8 Å². The van der Waals surface area contributed by atoms with E-state index in [4.69, 9.17) is 28.3 Å². The number of esters is 1. The molecule has 52 heavy (non-hydrogen) atoms. The second-order valence-corrected chi connectivity index (χ2v) is 18.2. The molecule has 2 heterocycles. The maximum atomic E-state index is 13.9. The fraction of sp³-hybridized carbons (Fsp3) is 0.763. The number of benzene rings is 1. The highest BCUT2D eigenvalue weighted by molar-refractivity contribution is 6.45. The van der Waals surface area contributed by atoms with Crippen molar-refractivity contribution < 1.29 is 55.8 Å². The van der Waals surface area contributed by atoms with Gasteiger partial charge in [0, 0.05) is 5.92 Å². The standard InChI is InChI=1S/C38H53BF3NO9/c1-34(2,3)49-32(45)29-26(47-25-19-43(20-25)31(44)22-10-12-23(16-22)38(40,41)42)13-11-21(30(29)48-33(46)50-35(4,5)6)14-15-39-51-28-18-24-17-27(36(24,7)8)37(28,9)52-39/h11,13,22-25,27-28H,10,12,14-20H2,1-9H3/t22-,23+,24+,27+,28-,37+/m1/s1. The third kappa shape index (κ3) is 7.79. The molecule has 0 N–H and O–H groups in total. The minimum atomic E-state index is -4.32. The van der Waals surface area contributed by atoms with Gasteiger partial charge in [0.15, 0.2) is 5.75 Å². The van der Waals surface area contributed by atoms with E-state index in [0.29, 0.717) is 30.1 Å². The maximum Gasteiger partial charge on any atom is 0.514 e. The van der Waals surface area contributed by atoms with Crippen LogP contribution in [0.4, 0.5) is 18.0 Å². The summed E-state index contributed by atoms with van der Waals surface area (Å²) in [6.45, 7) is 17.3. The first kappa shape index (κ1) is 38.7. The van der Waals surface area contributed by atoms with E-state index in [9.17, 15) is 27.6 Å². The zero-order chi connectivity index (χ0) is 38.2. The Kier molecular flexibility index (Phi) is 9.97. The summed E-state index contributed by atoms with van der Waals surface area (Å²) in [5.41, 5.74) is -1.59. The number of rotatable bonds is 8. The Morgan fingerprint density at radius 1 is 0.942 bits per heavy atom. The van der Waals surface area contributed by atoms with Gasteiger partial charge in [0.25, 0.3) is 0 Å². The average Bonchev–Trinajstić information content (AvgIpc) is 3.60. The summed E-state index contributed by atoms with van der Waals surface area (Å²) in [5.74, 6) is -2.26. The molecule has 7 rings (SSSR count). The zero-order valence-electron chi connectivity index (χ0n) is 31.8. The Morgan fingerprint density at radius 2 is 1.62 bits per heavy atom. The van der Waals surface area contributed by atoms with Gasteiger partial charge in [0.05, 0.1) is 30.7 Å². The Morgan fingerprint density at radius 3 is 2.21 bits per heavy atom. The third-order valence-corrected chi connectivity index (χ3v) is 11.7. The summed E-state index contributed by atoms with van der Waals surface area (Å²) < 4.78 is 76.1. The van der Waals surface area contributed by atoms with Crippen molar-refractivity contribution in [2.75, 3.05) is 13.1 Å². The van der Waals surface area contributed by atoms with Gasteiger partial charge in [0.2, 0.25) is 5.91 Å². The third-order valence-electron chi connectivity index (χ3n) is 11.7. The Hall–Kier alpha value is -3.00. The maximum absolute atomic E-state index is 13.9. The number of aryl methyl sites for hydroxylation is 1. The van der Waals surface area contributed by atoms with Gasteiger partial charge in [-0.15, -0.1) is 0 Å². The molecule has 288 valence electrons. The summed E-state index contributed by atoms with van der Waals surface area (Å²) in [4.78, 5) is 41.6. The fourth-order valence-corrected chi connectivity index (χ4v) is 8.88. The van der Waals surface area contributed by atoms with Crippen LogP contribution in [0.3, 0.4) is 0 Å². The largest absolute Gasteiger partial charge is 0.514 e. The van der Waals surface area contributed by atoms with Gasteiger partial charge in [-0.05, 0) is 122 Å². The number of alkyl halides is 3. The minimum Gasteiger partial charge on any atom is -0.486 e. The molecular weight excluding hydrogens is 682 g/mol. The van der Waals surface area contributed by atoms with Crippen molar-refractivity contribution in [1.29, 1.82) is 0 Å². The summed E-state index contributed by atoms with van der Waals surface area (Å²) in [7, 11) is -0.495. The van der Waals surface area contributed by atoms with Crippen LogP contribution in [-0.4, -0.2) is 78.3 Å². The lowest BCUT2D eigenvalue weighted by atomic mass is 9.43. The van der Waals surface area contributed by atoms with Gasteiger partial charge in [-0.2, -0.15) is 13.2 Å². The van der Waals surface area contributed by atoms with E-state index in [1.54, 1.807) is 53.7 Å².